The van der Waals surface area contributed by atoms with Crippen LogP contribution < -0.4 is 4.90 Å². The van der Waals surface area contributed by atoms with Crippen molar-refractivity contribution in [3.8, 4) is 0 Å². The molecule has 5 nitrogen and oxygen atoms in total. The van der Waals surface area contributed by atoms with E-state index in [1.54, 1.807) is 12.1 Å². The highest BCUT2D eigenvalue weighted by atomic mass is 19.1. The second-order valence-electron chi connectivity index (χ2n) is 7.62. The standard InChI is InChI=1S/C19H29FN4O/c1-21(2)13-15-6-7-24(14-15)19(25)16-4-5-18(17(20)12-16)23-10-8-22(3)9-11-23/h4-5,12,15H,6-11,13-14H2,1-3H3/t15-/m0/s1. The third-order valence-corrected chi connectivity index (χ3v) is 5.24. The van der Waals surface area contributed by atoms with Crippen LogP contribution in [0.15, 0.2) is 18.2 Å². The normalized spacial score (nSPS) is 22.0. The van der Waals surface area contributed by atoms with Crippen LogP contribution >= 0.6 is 0 Å². The number of halogens is 1. The molecule has 0 aliphatic carbocycles. The van der Waals surface area contributed by atoms with E-state index >= 15 is 0 Å². The summed E-state index contributed by atoms with van der Waals surface area (Å²) in [7, 11) is 6.18. The van der Waals surface area contributed by atoms with E-state index in [0.717, 1.165) is 52.2 Å². The molecule has 2 aliphatic heterocycles. The zero-order valence-corrected chi connectivity index (χ0v) is 15.5. The minimum Gasteiger partial charge on any atom is -0.367 e. The van der Waals surface area contributed by atoms with Gasteiger partial charge in [-0.05, 0) is 51.7 Å². The van der Waals surface area contributed by atoms with Gasteiger partial charge in [-0.2, -0.15) is 0 Å². The Labute approximate surface area is 150 Å². The van der Waals surface area contributed by atoms with Crippen LogP contribution in [0.4, 0.5) is 10.1 Å². The number of nitrogens with zero attached hydrogens (tertiary/aromatic N) is 4. The molecule has 0 saturated carbocycles. The number of carbonyl (C=O) groups excluding carboxylic acids is 1. The van der Waals surface area contributed by atoms with Gasteiger partial charge in [-0.15, -0.1) is 0 Å². The van der Waals surface area contributed by atoms with Gasteiger partial charge in [0.1, 0.15) is 5.82 Å². The molecule has 0 aromatic heterocycles. The summed E-state index contributed by atoms with van der Waals surface area (Å²) in [5.41, 5.74) is 1.07. The lowest BCUT2D eigenvalue weighted by atomic mass is 10.1. The highest BCUT2D eigenvalue weighted by Gasteiger charge is 2.28. The summed E-state index contributed by atoms with van der Waals surface area (Å²) in [6.07, 6.45) is 1.02. The average Bonchev–Trinajstić information content (AvgIpc) is 3.03. The van der Waals surface area contributed by atoms with Gasteiger partial charge in [-0.1, -0.05) is 0 Å². The summed E-state index contributed by atoms with van der Waals surface area (Å²) < 4.78 is 14.6. The molecular formula is C19H29FN4O. The van der Waals surface area contributed by atoms with E-state index in [9.17, 15) is 9.18 Å². The Balaban J connectivity index is 1.65. The fraction of sp³-hybridized carbons (Fsp3) is 0.632. The van der Waals surface area contributed by atoms with Crippen molar-refractivity contribution in [3.05, 3.63) is 29.6 Å². The van der Waals surface area contributed by atoms with Crippen molar-refractivity contribution >= 4 is 11.6 Å². The topological polar surface area (TPSA) is 30.0 Å². The summed E-state index contributed by atoms with van der Waals surface area (Å²) in [5.74, 6) is 0.165. The predicted octanol–water partition coefficient (Wildman–Crippen LogP) is 1.60. The first-order valence-electron chi connectivity index (χ1n) is 9.11. The third kappa shape index (κ3) is 4.30. The van der Waals surface area contributed by atoms with Crippen molar-refractivity contribution in [2.45, 2.75) is 6.42 Å². The molecule has 0 spiro atoms. The predicted molar refractivity (Wildman–Crippen MR) is 98.7 cm³/mol. The zero-order chi connectivity index (χ0) is 18.0. The van der Waals surface area contributed by atoms with Crippen LogP contribution in [0.1, 0.15) is 16.8 Å². The number of rotatable bonds is 4. The maximum atomic E-state index is 14.6. The Bertz CT molecular complexity index is 613. The van der Waals surface area contributed by atoms with Crippen molar-refractivity contribution in [2.75, 3.05) is 71.9 Å². The van der Waals surface area contributed by atoms with Crippen LogP contribution in [0.25, 0.3) is 0 Å². The number of hydrogen-bond acceptors (Lipinski definition) is 4. The van der Waals surface area contributed by atoms with Crippen molar-refractivity contribution in [2.24, 2.45) is 5.92 Å². The Hall–Kier alpha value is -1.66. The third-order valence-electron chi connectivity index (χ3n) is 5.24. The number of likely N-dealkylation sites (tertiary alicyclic amines) is 1. The van der Waals surface area contributed by atoms with Gasteiger partial charge < -0.3 is 19.6 Å². The fourth-order valence-corrected chi connectivity index (χ4v) is 3.81. The van der Waals surface area contributed by atoms with Gasteiger partial charge in [0, 0.05) is 51.4 Å². The molecule has 1 aromatic rings. The first-order chi connectivity index (χ1) is 11.9. The lowest BCUT2D eigenvalue weighted by molar-refractivity contribution is 0.0784. The van der Waals surface area contributed by atoms with E-state index in [1.807, 2.05) is 4.90 Å². The second-order valence-corrected chi connectivity index (χ2v) is 7.62. The maximum absolute atomic E-state index is 14.6. The van der Waals surface area contributed by atoms with E-state index in [4.69, 9.17) is 0 Å². The van der Waals surface area contributed by atoms with E-state index in [2.05, 4.69) is 35.8 Å². The molecule has 3 rings (SSSR count). The van der Waals surface area contributed by atoms with Crippen LogP contribution in [-0.4, -0.2) is 87.6 Å². The van der Waals surface area contributed by atoms with Gasteiger partial charge in [0.2, 0.25) is 0 Å². The second kappa shape index (κ2) is 7.70. The lowest BCUT2D eigenvalue weighted by Gasteiger charge is -2.34. The quantitative estimate of drug-likeness (QED) is 0.827. The number of anilines is 1. The first-order valence-corrected chi connectivity index (χ1v) is 9.11. The average molecular weight is 348 g/mol. The summed E-state index contributed by atoms with van der Waals surface area (Å²) in [4.78, 5) is 21.0. The summed E-state index contributed by atoms with van der Waals surface area (Å²) in [5, 5.41) is 0. The molecule has 138 valence electrons. The van der Waals surface area contributed by atoms with Crippen LogP contribution in [-0.2, 0) is 0 Å². The van der Waals surface area contributed by atoms with Gasteiger partial charge in [-0.3, -0.25) is 4.79 Å². The van der Waals surface area contributed by atoms with Gasteiger partial charge in [-0.25, -0.2) is 4.39 Å². The van der Waals surface area contributed by atoms with Crippen molar-refractivity contribution in [3.63, 3.8) is 0 Å². The molecule has 2 heterocycles. The number of likely N-dealkylation sites (N-methyl/N-ethyl adjacent to an activating group) is 1. The van der Waals surface area contributed by atoms with Crippen LogP contribution in [0.2, 0.25) is 0 Å². The van der Waals surface area contributed by atoms with Crippen LogP contribution in [0, 0.1) is 11.7 Å². The minimum atomic E-state index is -0.292. The number of amides is 1. The molecule has 1 aromatic carbocycles. The molecule has 2 fully saturated rings. The summed E-state index contributed by atoms with van der Waals surface area (Å²) in [6, 6.07) is 4.95. The van der Waals surface area contributed by atoms with Gasteiger partial charge in [0.15, 0.2) is 0 Å². The van der Waals surface area contributed by atoms with Gasteiger partial charge in [0.25, 0.3) is 5.91 Å². The Morgan fingerprint density at radius 2 is 1.92 bits per heavy atom. The minimum absolute atomic E-state index is 0.0508. The van der Waals surface area contributed by atoms with Crippen molar-refractivity contribution in [1.29, 1.82) is 0 Å². The summed E-state index contributed by atoms with van der Waals surface area (Å²) in [6.45, 7) is 6.01. The molecule has 1 amide bonds. The largest absolute Gasteiger partial charge is 0.367 e. The molecule has 0 N–H and O–H groups in total. The number of benzene rings is 1. The van der Waals surface area contributed by atoms with Gasteiger partial charge >= 0.3 is 0 Å². The van der Waals surface area contributed by atoms with E-state index < -0.39 is 0 Å². The molecule has 0 radical (unpaired) electrons. The van der Waals surface area contributed by atoms with Gasteiger partial charge in [0.05, 0.1) is 5.69 Å². The molecule has 1 atom stereocenters. The number of hydrogen-bond donors (Lipinski definition) is 0. The van der Waals surface area contributed by atoms with E-state index in [1.165, 1.54) is 6.07 Å². The molecule has 2 saturated heterocycles. The fourth-order valence-electron chi connectivity index (χ4n) is 3.81. The Morgan fingerprint density at radius 3 is 2.56 bits per heavy atom. The summed E-state index contributed by atoms with van der Waals surface area (Å²) >= 11 is 0. The zero-order valence-electron chi connectivity index (χ0n) is 15.5. The SMILES string of the molecule is CN(C)C[C@@H]1CCN(C(=O)c2ccc(N3CCN(C)CC3)c(F)c2)C1. The van der Waals surface area contributed by atoms with Crippen molar-refractivity contribution < 1.29 is 9.18 Å². The maximum Gasteiger partial charge on any atom is 0.253 e. The molecule has 0 unspecified atom stereocenters. The number of carbonyl (C=O) groups is 1. The first kappa shape index (κ1) is 18.1. The molecule has 2 aliphatic rings. The molecule has 25 heavy (non-hydrogen) atoms. The van der Waals surface area contributed by atoms with Crippen LogP contribution in [0.3, 0.4) is 0 Å². The molecular weight excluding hydrogens is 319 g/mol. The smallest absolute Gasteiger partial charge is 0.253 e. The lowest BCUT2D eigenvalue weighted by Crippen LogP contribution is -2.44. The highest BCUT2D eigenvalue weighted by molar-refractivity contribution is 5.94. The monoisotopic (exact) mass is 348 g/mol. The van der Waals surface area contributed by atoms with Crippen LogP contribution in [0.5, 0.6) is 0 Å². The van der Waals surface area contributed by atoms with Crippen molar-refractivity contribution in [1.82, 2.24) is 14.7 Å². The Morgan fingerprint density at radius 1 is 1.20 bits per heavy atom. The molecule has 0 bridgehead atoms. The number of piperazine rings is 1. The Kier molecular flexibility index (Phi) is 5.59. The molecule has 6 heteroatoms. The highest BCUT2D eigenvalue weighted by Crippen LogP contribution is 2.24. The van der Waals surface area contributed by atoms with E-state index in [0.29, 0.717) is 17.2 Å². The van der Waals surface area contributed by atoms with E-state index in [-0.39, 0.29) is 11.7 Å².